The summed E-state index contributed by atoms with van der Waals surface area (Å²) >= 11 is 0. The lowest BCUT2D eigenvalue weighted by Gasteiger charge is -2.36. The van der Waals surface area contributed by atoms with Gasteiger partial charge >= 0.3 is 0 Å². The standard InChI is InChI=1S/C9H16O2/c1-9(2,3)8(11)6-4-5-7(6)10/h6,8,11H,4-5H2,1-3H3. The van der Waals surface area contributed by atoms with Crippen molar-refractivity contribution in [2.24, 2.45) is 11.3 Å². The Morgan fingerprint density at radius 2 is 2.09 bits per heavy atom. The topological polar surface area (TPSA) is 37.3 Å². The Kier molecular flexibility index (Phi) is 2.06. The number of aliphatic hydroxyl groups is 1. The highest BCUT2D eigenvalue weighted by Gasteiger charge is 2.39. The Hall–Kier alpha value is -0.370. The van der Waals surface area contributed by atoms with Gasteiger partial charge in [0.25, 0.3) is 0 Å². The lowest BCUT2D eigenvalue weighted by atomic mass is 9.71. The van der Waals surface area contributed by atoms with Crippen LogP contribution in [0.25, 0.3) is 0 Å². The molecule has 0 heterocycles. The zero-order chi connectivity index (χ0) is 8.65. The van der Waals surface area contributed by atoms with E-state index in [9.17, 15) is 9.90 Å². The molecule has 1 N–H and O–H groups in total. The van der Waals surface area contributed by atoms with Gasteiger partial charge in [-0.2, -0.15) is 0 Å². The fraction of sp³-hybridized carbons (Fsp3) is 0.889. The maximum Gasteiger partial charge on any atom is 0.138 e. The molecule has 0 bridgehead atoms. The molecule has 0 radical (unpaired) electrons. The van der Waals surface area contributed by atoms with Gasteiger partial charge in [-0.1, -0.05) is 20.8 Å². The highest BCUT2D eigenvalue weighted by molar-refractivity contribution is 5.86. The average Bonchev–Trinajstić information content (AvgIpc) is 1.83. The summed E-state index contributed by atoms with van der Waals surface area (Å²) in [6.07, 6.45) is 1.08. The van der Waals surface area contributed by atoms with E-state index in [1.165, 1.54) is 0 Å². The second-order valence-electron chi connectivity index (χ2n) is 4.42. The highest BCUT2D eigenvalue weighted by Crippen LogP contribution is 2.34. The highest BCUT2D eigenvalue weighted by atomic mass is 16.3. The summed E-state index contributed by atoms with van der Waals surface area (Å²) in [5.74, 6) is 0.155. The smallest absolute Gasteiger partial charge is 0.138 e. The first-order chi connectivity index (χ1) is 4.93. The molecule has 1 fully saturated rings. The van der Waals surface area contributed by atoms with Crippen molar-refractivity contribution in [3.05, 3.63) is 0 Å². The van der Waals surface area contributed by atoms with Crippen LogP contribution < -0.4 is 0 Å². The van der Waals surface area contributed by atoms with Crippen molar-refractivity contribution in [3.63, 3.8) is 0 Å². The van der Waals surface area contributed by atoms with Crippen LogP contribution in [0.2, 0.25) is 0 Å². The third kappa shape index (κ3) is 1.62. The van der Waals surface area contributed by atoms with E-state index >= 15 is 0 Å². The molecule has 64 valence electrons. The minimum Gasteiger partial charge on any atom is -0.392 e. The average molecular weight is 156 g/mol. The van der Waals surface area contributed by atoms with Gasteiger partial charge in [0, 0.05) is 12.3 Å². The van der Waals surface area contributed by atoms with Crippen LogP contribution in [0.1, 0.15) is 33.6 Å². The molecule has 0 amide bonds. The van der Waals surface area contributed by atoms with Crippen LogP contribution in [-0.2, 0) is 4.79 Å². The molecule has 0 aromatic heterocycles. The van der Waals surface area contributed by atoms with Crippen LogP contribution >= 0.6 is 0 Å². The quantitative estimate of drug-likeness (QED) is 0.622. The minimum atomic E-state index is -0.455. The van der Waals surface area contributed by atoms with Crippen LogP contribution in [0.15, 0.2) is 0 Å². The first-order valence-electron chi connectivity index (χ1n) is 4.13. The van der Waals surface area contributed by atoms with E-state index in [1.54, 1.807) is 0 Å². The predicted molar refractivity (Wildman–Crippen MR) is 43.2 cm³/mol. The maximum absolute atomic E-state index is 11.0. The first kappa shape index (κ1) is 8.72. The Labute approximate surface area is 67.6 Å². The normalized spacial score (nSPS) is 28.0. The van der Waals surface area contributed by atoms with E-state index in [2.05, 4.69) is 0 Å². The van der Waals surface area contributed by atoms with Crippen LogP contribution in [0.3, 0.4) is 0 Å². The third-order valence-electron chi connectivity index (χ3n) is 2.38. The number of aliphatic hydroxyl groups excluding tert-OH is 1. The predicted octanol–water partition coefficient (Wildman–Crippen LogP) is 1.37. The summed E-state index contributed by atoms with van der Waals surface area (Å²) in [6.45, 7) is 5.88. The summed E-state index contributed by atoms with van der Waals surface area (Å²) in [7, 11) is 0. The first-order valence-corrected chi connectivity index (χ1v) is 4.13. The van der Waals surface area contributed by atoms with Crippen molar-refractivity contribution in [1.29, 1.82) is 0 Å². The van der Waals surface area contributed by atoms with Crippen molar-refractivity contribution in [1.82, 2.24) is 0 Å². The van der Waals surface area contributed by atoms with Gasteiger partial charge in [0.2, 0.25) is 0 Å². The van der Waals surface area contributed by atoms with E-state index in [4.69, 9.17) is 0 Å². The summed E-state index contributed by atoms with van der Waals surface area (Å²) in [5, 5.41) is 9.66. The Balaban J connectivity index is 2.54. The minimum absolute atomic E-state index is 0.0741. The zero-order valence-electron chi connectivity index (χ0n) is 7.42. The van der Waals surface area contributed by atoms with Gasteiger partial charge in [0.05, 0.1) is 6.10 Å². The molecule has 1 aliphatic carbocycles. The van der Waals surface area contributed by atoms with Crippen LogP contribution in [0, 0.1) is 11.3 Å². The van der Waals surface area contributed by atoms with Crippen LogP contribution in [0.5, 0.6) is 0 Å². The molecule has 1 rings (SSSR count). The number of rotatable bonds is 1. The Bertz CT molecular complexity index is 167. The molecule has 2 nitrogen and oxygen atoms in total. The van der Waals surface area contributed by atoms with E-state index in [0.29, 0.717) is 6.42 Å². The van der Waals surface area contributed by atoms with Crippen molar-refractivity contribution < 1.29 is 9.90 Å². The van der Waals surface area contributed by atoms with E-state index in [-0.39, 0.29) is 17.1 Å². The maximum atomic E-state index is 11.0. The number of Topliss-reactive ketones (excluding diaryl/α,β-unsaturated/α-hetero) is 1. The second-order valence-corrected chi connectivity index (χ2v) is 4.42. The molecule has 2 heteroatoms. The molecule has 0 spiro atoms. The summed E-state index contributed by atoms with van der Waals surface area (Å²) in [4.78, 5) is 11.0. The molecule has 0 aromatic carbocycles. The van der Waals surface area contributed by atoms with Crippen molar-refractivity contribution in [2.45, 2.75) is 39.7 Å². The van der Waals surface area contributed by atoms with E-state index in [0.717, 1.165) is 6.42 Å². The van der Waals surface area contributed by atoms with Gasteiger partial charge < -0.3 is 5.11 Å². The van der Waals surface area contributed by atoms with Crippen LogP contribution in [-0.4, -0.2) is 17.0 Å². The number of carbonyl (C=O) groups excluding carboxylic acids is 1. The monoisotopic (exact) mass is 156 g/mol. The van der Waals surface area contributed by atoms with E-state index in [1.807, 2.05) is 20.8 Å². The van der Waals surface area contributed by atoms with Gasteiger partial charge in [-0.15, -0.1) is 0 Å². The second kappa shape index (κ2) is 2.59. The Morgan fingerprint density at radius 3 is 2.18 bits per heavy atom. The molecule has 1 saturated carbocycles. The fourth-order valence-corrected chi connectivity index (χ4v) is 1.37. The van der Waals surface area contributed by atoms with Gasteiger partial charge in [-0.25, -0.2) is 0 Å². The van der Waals surface area contributed by atoms with Gasteiger partial charge in [0.15, 0.2) is 0 Å². The number of ketones is 1. The van der Waals surface area contributed by atoms with Gasteiger partial charge in [0.1, 0.15) is 5.78 Å². The molecular weight excluding hydrogens is 140 g/mol. The zero-order valence-corrected chi connectivity index (χ0v) is 7.42. The number of hydrogen-bond acceptors (Lipinski definition) is 2. The molecule has 0 saturated heterocycles. The molecule has 0 aromatic rings. The summed E-state index contributed by atoms with van der Waals surface area (Å²) in [5.41, 5.74) is -0.152. The lowest BCUT2D eigenvalue weighted by Crippen LogP contribution is -2.43. The largest absolute Gasteiger partial charge is 0.392 e. The van der Waals surface area contributed by atoms with Crippen molar-refractivity contribution in [3.8, 4) is 0 Å². The SMILES string of the molecule is CC(C)(C)C(O)C1CCC1=O. The number of carbonyl (C=O) groups is 1. The Morgan fingerprint density at radius 1 is 1.55 bits per heavy atom. The molecule has 2 unspecified atom stereocenters. The van der Waals surface area contributed by atoms with E-state index < -0.39 is 6.10 Å². The molecule has 11 heavy (non-hydrogen) atoms. The molecule has 2 atom stereocenters. The van der Waals surface area contributed by atoms with Crippen molar-refractivity contribution >= 4 is 5.78 Å². The number of hydrogen-bond donors (Lipinski definition) is 1. The summed E-state index contributed by atoms with van der Waals surface area (Å²) in [6, 6.07) is 0. The van der Waals surface area contributed by atoms with Crippen LogP contribution in [0.4, 0.5) is 0 Å². The summed E-state index contributed by atoms with van der Waals surface area (Å²) < 4.78 is 0. The third-order valence-corrected chi connectivity index (χ3v) is 2.38. The van der Waals surface area contributed by atoms with Gasteiger partial charge in [-0.05, 0) is 11.8 Å². The molecular formula is C9H16O2. The van der Waals surface area contributed by atoms with Crippen molar-refractivity contribution in [2.75, 3.05) is 0 Å². The molecule has 0 aliphatic heterocycles. The lowest BCUT2D eigenvalue weighted by molar-refractivity contribution is -0.138. The van der Waals surface area contributed by atoms with Gasteiger partial charge in [-0.3, -0.25) is 4.79 Å². The fourth-order valence-electron chi connectivity index (χ4n) is 1.37. The molecule has 1 aliphatic rings.